The van der Waals surface area contributed by atoms with E-state index in [4.69, 9.17) is 5.41 Å². The summed E-state index contributed by atoms with van der Waals surface area (Å²) >= 11 is 0. The highest BCUT2D eigenvalue weighted by Gasteiger charge is 2.27. The SMILES string of the molecule is CCN/C(=C(\C=N)C(=O)NC1CC1)C(F)F. The van der Waals surface area contributed by atoms with Crippen molar-refractivity contribution in [1.29, 1.82) is 5.41 Å². The van der Waals surface area contributed by atoms with Crippen molar-refractivity contribution >= 4 is 12.1 Å². The first-order chi connectivity index (χ1) is 7.60. The predicted molar refractivity (Wildman–Crippen MR) is 56.7 cm³/mol. The van der Waals surface area contributed by atoms with Gasteiger partial charge in [-0.15, -0.1) is 0 Å². The number of alkyl halides is 2. The Morgan fingerprint density at radius 1 is 1.56 bits per heavy atom. The maximum atomic E-state index is 12.6. The summed E-state index contributed by atoms with van der Waals surface area (Å²) in [5.41, 5.74) is -0.764. The van der Waals surface area contributed by atoms with E-state index in [9.17, 15) is 13.6 Å². The van der Waals surface area contributed by atoms with Crippen molar-refractivity contribution in [3.8, 4) is 0 Å². The van der Waals surface area contributed by atoms with Gasteiger partial charge in [0.1, 0.15) is 0 Å². The molecule has 0 saturated heterocycles. The van der Waals surface area contributed by atoms with Gasteiger partial charge in [0.05, 0.1) is 11.3 Å². The molecular formula is C10H15F2N3O. The highest BCUT2D eigenvalue weighted by molar-refractivity contribution is 6.12. The molecule has 0 atom stereocenters. The smallest absolute Gasteiger partial charge is 0.278 e. The van der Waals surface area contributed by atoms with Crippen LogP contribution in [0.15, 0.2) is 11.3 Å². The summed E-state index contributed by atoms with van der Waals surface area (Å²) in [5, 5.41) is 12.0. The summed E-state index contributed by atoms with van der Waals surface area (Å²) in [6, 6.07) is 0.0861. The van der Waals surface area contributed by atoms with Gasteiger partial charge in [0, 0.05) is 18.8 Å². The molecule has 1 aliphatic carbocycles. The molecule has 1 fully saturated rings. The molecule has 90 valence electrons. The Morgan fingerprint density at radius 2 is 2.19 bits per heavy atom. The fourth-order valence-electron chi connectivity index (χ4n) is 1.24. The van der Waals surface area contributed by atoms with Crippen molar-refractivity contribution in [3.63, 3.8) is 0 Å². The first kappa shape index (κ1) is 12.6. The predicted octanol–water partition coefficient (Wildman–Crippen LogP) is 1.04. The molecule has 1 aliphatic rings. The van der Waals surface area contributed by atoms with Crippen LogP contribution in [0.2, 0.25) is 0 Å². The standard InChI is InChI=1S/C10H15F2N3O/c1-2-14-8(9(11)12)7(5-13)10(16)15-6-3-4-6/h5-6,9,13-14H,2-4H2,1H3,(H,15,16)/b8-7+,13-5?. The van der Waals surface area contributed by atoms with E-state index in [0.29, 0.717) is 6.21 Å². The first-order valence-electron chi connectivity index (χ1n) is 5.17. The number of carbonyl (C=O) groups excluding carboxylic acids is 1. The normalized spacial score (nSPS) is 16.8. The lowest BCUT2D eigenvalue weighted by atomic mass is 10.2. The van der Waals surface area contributed by atoms with E-state index >= 15 is 0 Å². The zero-order valence-electron chi connectivity index (χ0n) is 9.02. The van der Waals surface area contributed by atoms with Crippen molar-refractivity contribution in [1.82, 2.24) is 10.6 Å². The molecule has 0 aromatic carbocycles. The lowest BCUT2D eigenvalue weighted by Crippen LogP contribution is -2.32. The van der Waals surface area contributed by atoms with Crippen molar-refractivity contribution in [2.45, 2.75) is 32.2 Å². The Morgan fingerprint density at radius 3 is 2.56 bits per heavy atom. The molecule has 0 aliphatic heterocycles. The van der Waals surface area contributed by atoms with Gasteiger partial charge in [0.15, 0.2) is 0 Å². The van der Waals surface area contributed by atoms with Gasteiger partial charge < -0.3 is 16.0 Å². The fraction of sp³-hybridized carbons (Fsp3) is 0.600. The van der Waals surface area contributed by atoms with Crippen LogP contribution < -0.4 is 10.6 Å². The number of allylic oxidation sites excluding steroid dienone is 1. The highest BCUT2D eigenvalue weighted by atomic mass is 19.3. The fourth-order valence-corrected chi connectivity index (χ4v) is 1.24. The topological polar surface area (TPSA) is 65.0 Å². The maximum Gasteiger partial charge on any atom is 0.278 e. The van der Waals surface area contributed by atoms with Gasteiger partial charge in [-0.3, -0.25) is 4.79 Å². The van der Waals surface area contributed by atoms with E-state index in [1.807, 2.05) is 0 Å². The molecule has 16 heavy (non-hydrogen) atoms. The molecule has 0 aromatic rings. The second-order valence-electron chi connectivity index (χ2n) is 3.55. The zero-order chi connectivity index (χ0) is 12.1. The van der Waals surface area contributed by atoms with E-state index in [1.54, 1.807) is 6.92 Å². The minimum atomic E-state index is -2.78. The lowest BCUT2D eigenvalue weighted by Gasteiger charge is -2.12. The van der Waals surface area contributed by atoms with E-state index < -0.39 is 18.0 Å². The number of rotatable bonds is 6. The summed E-state index contributed by atoms with van der Waals surface area (Å²) in [5.74, 6) is -0.603. The van der Waals surface area contributed by atoms with E-state index in [1.165, 1.54) is 0 Å². The third-order valence-corrected chi connectivity index (χ3v) is 2.18. The molecule has 0 heterocycles. The van der Waals surface area contributed by atoms with Crippen LogP contribution >= 0.6 is 0 Å². The van der Waals surface area contributed by atoms with Crippen LogP contribution in [0.3, 0.4) is 0 Å². The van der Waals surface area contributed by atoms with Crippen molar-refractivity contribution in [3.05, 3.63) is 11.3 Å². The molecule has 0 aromatic heterocycles. The van der Waals surface area contributed by atoms with Gasteiger partial charge in [-0.05, 0) is 19.8 Å². The van der Waals surface area contributed by atoms with Crippen molar-refractivity contribution < 1.29 is 13.6 Å². The quantitative estimate of drug-likeness (QED) is 0.472. The van der Waals surface area contributed by atoms with E-state index in [2.05, 4.69) is 10.6 Å². The number of halogens is 2. The summed E-state index contributed by atoms with van der Waals surface area (Å²) in [4.78, 5) is 11.6. The molecule has 0 radical (unpaired) electrons. The molecule has 0 unspecified atom stereocenters. The van der Waals surface area contributed by atoms with E-state index in [-0.39, 0.29) is 18.2 Å². The Balaban J connectivity index is 2.83. The van der Waals surface area contributed by atoms with Crippen LogP contribution in [-0.4, -0.2) is 31.1 Å². The van der Waals surface area contributed by atoms with Crippen molar-refractivity contribution in [2.75, 3.05) is 6.54 Å². The van der Waals surface area contributed by atoms with Gasteiger partial charge in [0.2, 0.25) is 0 Å². The Kier molecular flexibility index (Phi) is 4.39. The van der Waals surface area contributed by atoms with Crippen molar-refractivity contribution in [2.24, 2.45) is 0 Å². The monoisotopic (exact) mass is 231 g/mol. The largest absolute Gasteiger partial charge is 0.383 e. The second-order valence-corrected chi connectivity index (χ2v) is 3.55. The minimum Gasteiger partial charge on any atom is -0.383 e. The molecule has 3 N–H and O–H groups in total. The third kappa shape index (κ3) is 3.29. The molecule has 1 saturated carbocycles. The van der Waals surface area contributed by atoms with Crippen LogP contribution in [0.5, 0.6) is 0 Å². The van der Waals surface area contributed by atoms with Gasteiger partial charge in [0.25, 0.3) is 12.3 Å². The number of hydrogen-bond donors (Lipinski definition) is 3. The van der Waals surface area contributed by atoms with Crippen LogP contribution in [0.1, 0.15) is 19.8 Å². The molecular weight excluding hydrogens is 216 g/mol. The van der Waals surface area contributed by atoms with Crippen LogP contribution in [0.25, 0.3) is 0 Å². The van der Waals surface area contributed by atoms with Gasteiger partial charge in [-0.2, -0.15) is 0 Å². The van der Waals surface area contributed by atoms with Crippen LogP contribution in [0, 0.1) is 5.41 Å². The number of carbonyl (C=O) groups is 1. The minimum absolute atomic E-state index is 0.0861. The summed E-state index contributed by atoms with van der Waals surface area (Å²) < 4.78 is 25.3. The second kappa shape index (κ2) is 5.58. The molecule has 1 amide bonds. The molecule has 1 rings (SSSR count). The molecule has 0 bridgehead atoms. The Labute approximate surface area is 92.6 Å². The summed E-state index contributed by atoms with van der Waals surface area (Å²) in [6.07, 6.45) is -0.353. The molecule has 6 heteroatoms. The van der Waals surface area contributed by atoms with E-state index in [0.717, 1.165) is 12.8 Å². The highest BCUT2D eigenvalue weighted by Crippen LogP contribution is 2.19. The first-order valence-corrected chi connectivity index (χ1v) is 5.17. The van der Waals surface area contributed by atoms with Crippen LogP contribution in [0.4, 0.5) is 8.78 Å². The van der Waals surface area contributed by atoms with Crippen LogP contribution in [-0.2, 0) is 4.79 Å². The zero-order valence-corrected chi connectivity index (χ0v) is 9.02. The van der Waals surface area contributed by atoms with Gasteiger partial charge >= 0.3 is 0 Å². The molecule has 4 nitrogen and oxygen atoms in total. The Bertz CT molecular complexity index is 311. The maximum absolute atomic E-state index is 12.6. The number of nitrogens with one attached hydrogen (secondary N) is 3. The average molecular weight is 231 g/mol. The number of amides is 1. The lowest BCUT2D eigenvalue weighted by molar-refractivity contribution is -0.117. The molecule has 0 spiro atoms. The number of hydrogen-bond acceptors (Lipinski definition) is 3. The Hall–Kier alpha value is -1.46. The average Bonchev–Trinajstić information content (AvgIpc) is 3.01. The summed E-state index contributed by atoms with van der Waals surface area (Å²) in [7, 11) is 0. The van der Waals surface area contributed by atoms with Gasteiger partial charge in [-0.25, -0.2) is 8.78 Å². The van der Waals surface area contributed by atoms with Gasteiger partial charge in [-0.1, -0.05) is 0 Å². The summed E-state index contributed by atoms with van der Waals surface area (Å²) in [6.45, 7) is 1.94. The third-order valence-electron chi connectivity index (χ3n) is 2.18.